The van der Waals surface area contributed by atoms with Gasteiger partial charge in [0.25, 0.3) is 0 Å². The van der Waals surface area contributed by atoms with Gasteiger partial charge < -0.3 is 15.6 Å². The lowest BCUT2D eigenvalue weighted by atomic mass is 10.0. The summed E-state index contributed by atoms with van der Waals surface area (Å²) >= 11 is 0. The number of azide groups is 1. The van der Waals surface area contributed by atoms with E-state index in [1.54, 1.807) is 4.57 Å². The molecule has 10 heteroatoms. The number of hydrogen-bond acceptors (Lipinski definition) is 7. The predicted octanol–water partition coefficient (Wildman–Crippen LogP) is 0.367. The minimum atomic E-state index is -0.978. The van der Waals surface area contributed by atoms with Gasteiger partial charge >= 0.3 is 0 Å². The molecule has 0 bridgehead atoms. The van der Waals surface area contributed by atoms with E-state index in [0.29, 0.717) is 24.2 Å². The molecular weight excluding hydrogens is 264 g/mol. The van der Waals surface area contributed by atoms with E-state index in [-0.39, 0.29) is 5.82 Å². The number of rotatable bonds is 2. The molecular formula is C10H12N8O2. The van der Waals surface area contributed by atoms with Gasteiger partial charge in [0.2, 0.25) is 0 Å². The number of aliphatic hydroxyl groups excluding tert-OH is 1. The van der Waals surface area contributed by atoms with Crippen LogP contribution >= 0.6 is 0 Å². The zero-order valence-corrected chi connectivity index (χ0v) is 10.4. The van der Waals surface area contributed by atoms with Crippen LogP contribution in [0.5, 0.6) is 0 Å². The molecule has 2 aromatic rings. The number of nitrogens with two attached hydrogens (primary N) is 1. The van der Waals surface area contributed by atoms with E-state index in [9.17, 15) is 5.11 Å². The summed E-state index contributed by atoms with van der Waals surface area (Å²) in [5.41, 5.74) is 15.1. The van der Waals surface area contributed by atoms with Crippen molar-refractivity contribution in [1.82, 2.24) is 19.5 Å². The summed E-state index contributed by atoms with van der Waals surface area (Å²) in [5.74, 6) is 0.255. The highest BCUT2D eigenvalue weighted by atomic mass is 16.5. The number of imidazole rings is 1. The summed E-state index contributed by atoms with van der Waals surface area (Å²) < 4.78 is 7.11. The van der Waals surface area contributed by atoms with Gasteiger partial charge in [-0.2, -0.15) is 0 Å². The molecule has 0 unspecified atom stereocenters. The van der Waals surface area contributed by atoms with Crippen LogP contribution in [-0.4, -0.2) is 43.4 Å². The molecule has 1 fully saturated rings. The Labute approximate surface area is 112 Å². The Kier molecular flexibility index (Phi) is 3.11. The lowest BCUT2D eigenvalue weighted by Crippen LogP contribution is -2.40. The molecule has 104 valence electrons. The fourth-order valence-electron chi connectivity index (χ4n) is 2.26. The number of aliphatic hydroxyl groups is 1. The van der Waals surface area contributed by atoms with E-state index >= 15 is 0 Å². The van der Waals surface area contributed by atoms with Crippen LogP contribution in [0.1, 0.15) is 12.6 Å². The van der Waals surface area contributed by atoms with Gasteiger partial charge in [0.05, 0.1) is 12.4 Å². The van der Waals surface area contributed by atoms with Crippen molar-refractivity contribution in [2.24, 2.45) is 5.11 Å². The SMILES string of the molecule is [N-]=[N+]=N[C@@H]1CCO[C@@H](n2cnc3c(N)ncnc32)[C@@H]1O. The van der Waals surface area contributed by atoms with Crippen molar-refractivity contribution >= 4 is 17.0 Å². The third kappa shape index (κ3) is 1.92. The van der Waals surface area contributed by atoms with Crippen molar-refractivity contribution in [1.29, 1.82) is 0 Å². The van der Waals surface area contributed by atoms with Gasteiger partial charge in [-0.25, -0.2) is 15.0 Å². The maximum Gasteiger partial charge on any atom is 0.167 e. The first kappa shape index (κ1) is 12.6. The van der Waals surface area contributed by atoms with Crippen LogP contribution in [0.3, 0.4) is 0 Å². The fourth-order valence-corrected chi connectivity index (χ4v) is 2.26. The monoisotopic (exact) mass is 276 g/mol. The summed E-state index contributed by atoms with van der Waals surface area (Å²) in [7, 11) is 0. The van der Waals surface area contributed by atoms with Crippen LogP contribution in [0.4, 0.5) is 5.82 Å². The minimum absolute atomic E-state index is 0.255. The molecule has 0 aliphatic carbocycles. The van der Waals surface area contributed by atoms with Crippen molar-refractivity contribution in [2.45, 2.75) is 24.8 Å². The first-order valence-electron chi connectivity index (χ1n) is 5.99. The van der Waals surface area contributed by atoms with E-state index in [1.165, 1.54) is 12.7 Å². The molecule has 0 aromatic carbocycles. The van der Waals surface area contributed by atoms with E-state index in [2.05, 4.69) is 25.0 Å². The second-order valence-corrected chi connectivity index (χ2v) is 4.40. The number of ether oxygens (including phenoxy) is 1. The van der Waals surface area contributed by atoms with Gasteiger partial charge in [-0.1, -0.05) is 5.11 Å². The number of fused-ring (bicyclic) bond motifs is 1. The second kappa shape index (κ2) is 4.93. The van der Waals surface area contributed by atoms with Gasteiger partial charge in [-0.05, 0) is 12.0 Å². The number of aromatic nitrogens is 4. The molecule has 3 heterocycles. The van der Waals surface area contributed by atoms with Gasteiger partial charge in [0.1, 0.15) is 17.9 Å². The van der Waals surface area contributed by atoms with Crippen LogP contribution in [-0.2, 0) is 4.74 Å². The Morgan fingerprint density at radius 1 is 1.50 bits per heavy atom. The van der Waals surface area contributed by atoms with Gasteiger partial charge in [-0.15, -0.1) is 0 Å². The molecule has 1 saturated heterocycles. The van der Waals surface area contributed by atoms with Crippen LogP contribution in [0.15, 0.2) is 17.8 Å². The Morgan fingerprint density at radius 2 is 2.35 bits per heavy atom. The Balaban J connectivity index is 2.02. The zero-order chi connectivity index (χ0) is 14.1. The first-order chi connectivity index (χ1) is 9.72. The van der Waals surface area contributed by atoms with E-state index in [4.69, 9.17) is 16.0 Å². The van der Waals surface area contributed by atoms with Crippen molar-refractivity contribution in [3.8, 4) is 0 Å². The molecule has 2 aromatic heterocycles. The fraction of sp³-hybridized carbons (Fsp3) is 0.500. The summed E-state index contributed by atoms with van der Waals surface area (Å²) in [6.45, 7) is 0.367. The van der Waals surface area contributed by atoms with Crippen molar-refractivity contribution in [3.05, 3.63) is 23.1 Å². The molecule has 3 rings (SSSR count). The van der Waals surface area contributed by atoms with Crippen LogP contribution in [0.25, 0.3) is 21.6 Å². The predicted molar refractivity (Wildman–Crippen MR) is 68.3 cm³/mol. The first-order valence-corrected chi connectivity index (χ1v) is 5.99. The highest BCUT2D eigenvalue weighted by molar-refractivity contribution is 5.81. The summed E-state index contributed by atoms with van der Waals surface area (Å²) in [6, 6.07) is -0.546. The van der Waals surface area contributed by atoms with Crippen LogP contribution < -0.4 is 5.73 Å². The molecule has 1 aliphatic rings. The van der Waals surface area contributed by atoms with E-state index < -0.39 is 18.4 Å². The second-order valence-electron chi connectivity index (χ2n) is 4.40. The molecule has 0 amide bonds. The number of nitrogen functional groups attached to an aromatic ring is 1. The highest BCUT2D eigenvalue weighted by Gasteiger charge is 2.34. The summed E-state index contributed by atoms with van der Waals surface area (Å²) in [6.07, 6.45) is 1.55. The van der Waals surface area contributed by atoms with Crippen molar-refractivity contribution in [3.63, 3.8) is 0 Å². The standard InChI is InChI=1S/C10H12N8O2/c11-8-6-9(14-3-13-8)18(4-15-6)10-7(19)5(16-17-12)1-2-20-10/h3-5,7,10,19H,1-2H2,(H2,11,13,14)/t5-,7-,10-/m1/s1. The number of anilines is 1. The number of nitrogens with zero attached hydrogens (tertiary/aromatic N) is 7. The molecule has 1 aliphatic heterocycles. The molecule has 3 N–H and O–H groups in total. The maximum absolute atomic E-state index is 10.2. The van der Waals surface area contributed by atoms with Crippen LogP contribution in [0, 0.1) is 0 Å². The number of hydrogen-bond donors (Lipinski definition) is 2. The normalized spacial score (nSPS) is 26.4. The van der Waals surface area contributed by atoms with Crippen LogP contribution in [0.2, 0.25) is 0 Å². The Morgan fingerprint density at radius 3 is 3.15 bits per heavy atom. The molecule has 3 atom stereocenters. The largest absolute Gasteiger partial charge is 0.388 e. The molecule has 0 saturated carbocycles. The average Bonchev–Trinajstić information content (AvgIpc) is 2.87. The van der Waals surface area contributed by atoms with Gasteiger partial charge in [0, 0.05) is 11.5 Å². The molecule has 0 spiro atoms. The highest BCUT2D eigenvalue weighted by Crippen LogP contribution is 2.28. The Hall–Kier alpha value is -2.42. The molecule has 10 nitrogen and oxygen atoms in total. The molecule has 0 radical (unpaired) electrons. The quantitative estimate of drug-likeness (QED) is 0.459. The van der Waals surface area contributed by atoms with Crippen molar-refractivity contribution < 1.29 is 9.84 Å². The Bertz CT molecular complexity index is 679. The zero-order valence-electron chi connectivity index (χ0n) is 10.4. The lowest BCUT2D eigenvalue weighted by molar-refractivity contribution is -0.121. The summed E-state index contributed by atoms with van der Waals surface area (Å²) in [4.78, 5) is 14.8. The maximum atomic E-state index is 10.2. The third-order valence-electron chi connectivity index (χ3n) is 3.25. The van der Waals surface area contributed by atoms with Crippen molar-refractivity contribution in [2.75, 3.05) is 12.3 Å². The van der Waals surface area contributed by atoms with E-state index in [0.717, 1.165) is 0 Å². The topological polar surface area (TPSA) is 148 Å². The average molecular weight is 276 g/mol. The summed E-state index contributed by atoms with van der Waals surface area (Å²) in [5, 5.41) is 13.8. The van der Waals surface area contributed by atoms with Gasteiger partial charge in [0.15, 0.2) is 17.7 Å². The third-order valence-corrected chi connectivity index (χ3v) is 3.25. The smallest absolute Gasteiger partial charge is 0.167 e. The minimum Gasteiger partial charge on any atom is -0.388 e. The lowest BCUT2D eigenvalue weighted by Gasteiger charge is -2.33. The van der Waals surface area contributed by atoms with E-state index in [1.807, 2.05) is 0 Å². The van der Waals surface area contributed by atoms with Gasteiger partial charge in [-0.3, -0.25) is 4.57 Å². The molecule has 20 heavy (non-hydrogen) atoms.